The van der Waals surface area contributed by atoms with Gasteiger partial charge in [0.15, 0.2) is 6.10 Å². The molecule has 1 aliphatic carbocycles. The van der Waals surface area contributed by atoms with Crippen molar-refractivity contribution in [2.24, 2.45) is 0 Å². The lowest BCUT2D eigenvalue weighted by atomic mass is 9.98. The van der Waals surface area contributed by atoms with E-state index in [1.807, 2.05) is 78.9 Å². The fourth-order valence-corrected chi connectivity index (χ4v) is 4.67. The average Bonchev–Trinajstić information content (AvgIpc) is 3.38. The van der Waals surface area contributed by atoms with E-state index < -0.39 is 36.0 Å². The fourth-order valence-electron chi connectivity index (χ4n) is 4.67. The van der Waals surface area contributed by atoms with Crippen molar-refractivity contribution in [1.82, 2.24) is 10.6 Å². The van der Waals surface area contributed by atoms with Crippen LogP contribution in [0.5, 0.6) is 0 Å². The Morgan fingerprint density at radius 3 is 2.11 bits per heavy atom. The minimum atomic E-state index is -1.22. The minimum Gasteiger partial charge on any atom is -0.450 e. The molecule has 1 heterocycles. The summed E-state index contributed by atoms with van der Waals surface area (Å²) in [6, 6.07) is 24.0. The summed E-state index contributed by atoms with van der Waals surface area (Å²) >= 11 is 0. The summed E-state index contributed by atoms with van der Waals surface area (Å²) in [6.45, 7) is 0.0898. The lowest BCUT2D eigenvalue weighted by Gasteiger charge is -2.20. The van der Waals surface area contributed by atoms with Crippen LogP contribution in [0.2, 0.25) is 0 Å². The van der Waals surface area contributed by atoms with E-state index in [2.05, 4.69) is 10.6 Å². The van der Waals surface area contributed by atoms with E-state index in [1.54, 1.807) is 0 Å². The van der Waals surface area contributed by atoms with Gasteiger partial charge in [-0.3, -0.25) is 14.9 Å². The fraction of sp³-hybridized carbons (Fsp3) is 0.214. The third-order valence-corrected chi connectivity index (χ3v) is 6.39. The third-order valence-electron chi connectivity index (χ3n) is 6.39. The molecule has 0 spiro atoms. The van der Waals surface area contributed by atoms with Gasteiger partial charge < -0.3 is 14.8 Å². The van der Waals surface area contributed by atoms with Crippen LogP contribution in [0.1, 0.15) is 29.0 Å². The van der Waals surface area contributed by atoms with Gasteiger partial charge in [0.25, 0.3) is 5.91 Å². The van der Waals surface area contributed by atoms with Crippen molar-refractivity contribution in [2.75, 3.05) is 6.61 Å². The number of imide groups is 1. The molecule has 3 amide bonds. The molecule has 182 valence electrons. The summed E-state index contributed by atoms with van der Waals surface area (Å²) in [7, 11) is 0. The van der Waals surface area contributed by atoms with Crippen molar-refractivity contribution in [1.29, 1.82) is 0 Å². The zero-order valence-corrected chi connectivity index (χ0v) is 19.3. The van der Waals surface area contributed by atoms with E-state index in [0.717, 1.165) is 27.8 Å². The van der Waals surface area contributed by atoms with Crippen LogP contribution in [-0.4, -0.2) is 42.6 Å². The number of hydrogen-bond donors (Lipinski definition) is 2. The van der Waals surface area contributed by atoms with Gasteiger partial charge in [-0.25, -0.2) is 9.59 Å². The summed E-state index contributed by atoms with van der Waals surface area (Å²) in [4.78, 5) is 49.0. The summed E-state index contributed by atoms with van der Waals surface area (Å²) < 4.78 is 10.8. The van der Waals surface area contributed by atoms with Crippen molar-refractivity contribution in [3.8, 4) is 11.1 Å². The van der Waals surface area contributed by atoms with Gasteiger partial charge in [0.2, 0.25) is 5.91 Å². The predicted octanol–water partition coefficient (Wildman–Crippen LogP) is 3.09. The minimum absolute atomic E-state index is 0.0898. The van der Waals surface area contributed by atoms with Crippen molar-refractivity contribution in [3.63, 3.8) is 0 Å². The molecular weight excluding hydrogens is 460 g/mol. The number of carbonyl (C=O) groups excluding carboxylic acids is 4. The maximum absolute atomic E-state index is 12.9. The lowest BCUT2D eigenvalue weighted by molar-refractivity contribution is -0.155. The second-order valence-electron chi connectivity index (χ2n) is 8.75. The van der Waals surface area contributed by atoms with E-state index in [4.69, 9.17) is 9.47 Å². The molecule has 5 rings (SSSR count). The third kappa shape index (κ3) is 4.84. The highest BCUT2D eigenvalue weighted by Gasteiger charge is 2.36. The number of amides is 3. The van der Waals surface area contributed by atoms with Gasteiger partial charge in [0.1, 0.15) is 12.6 Å². The van der Waals surface area contributed by atoms with Crippen molar-refractivity contribution in [3.05, 3.63) is 95.6 Å². The van der Waals surface area contributed by atoms with Crippen molar-refractivity contribution < 1.29 is 28.7 Å². The summed E-state index contributed by atoms with van der Waals surface area (Å²) in [6.07, 6.45) is -2.10. The molecule has 8 heteroatoms. The molecule has 0 aromatic heterocycles. The van der Waals surface area contributed by atoms with E-state index in [0.29, 0.717) is 0 Å². The van der Waals surface area contributed by atoms with Gasteiger partial charge in [-0.2, -0.15) is 0 Å². The van der Waals surface area contributed by atoms with Crippen LogP contribution in [-0.2, 0) is 30.3 Å². The Labute approximate surface area is 207 Å². The number of hydrogen-bond acceptors (Lipinski definition) is 6. The lowest BCUT2D eigenvalue weighted by Crippen LogP contribution is -2.45. The number of rotatable bonds is 7. The molecule has 0 bridgehead atoms. The van der Waals surface area contributed by atoms with E-state index in [-0.39, 0.29) is 25.4 Å². The zero-order chi connectivity index (χ0) is 25.1. The Hall–Kier alpha value is -4.46. The van der Waals surface area contributed by atoms with Crippen LogP contribution >= 0.6 is 0 Å². The Kier molecular flexibility index (Phi) is 6.49. The van der Waals surface area contributed by atoms with Crippen LogP contribution < -0.4 is 10.6 Å². The maximum Gasteiger partial charge on any atom is 0.407 e. The van der Waals surface area contributed by atoms with Gasteiger partial charge in [-0.15, -0.1) is 0 Å². The maximum atomic E-state index is 12.9. The molecule has 3 aromatic rings. The van der Waals surface area contributed by atoms with Gasteiger partial charge in [0, 0.05) is 12.3 Å². The molecular formula is C28H24N2O6. The molecule has 36 heavy (non-hydrogen) atoms. The number of fused-ring (bicyclic) bond motifs is 3. The molecule has 8 nitrogen and oxygen atoms in total. The quantitative estimate of drug-likeness (QED) is 0.394. The summed E-state index contributed by atoms with van der Waals surface area (Å²) in [5.41, 5.74) is 5.15. The first kappa shape index (κ1) is 23.3. The normalized spacial score (nSPS) is 17.1. The largest absolute Gasteiger partial charge is 0.450 e. The van der Waals surface area contributed by atoms with E-state index in [9.17, 15) is 19.2 Å². The molecule has 3 aromatic carbocycles. The molecule has 1 fully saturated rings. The number of benzene rings is 3. The summed E-state index contributed by atoms with van der Waals surface area (Å²) in [5.74, 6) is -2.13. The highest BCUT2D eigenvalue weighted by Crippen LogP contribution is 2.44. The molecule has 1 aliphatic heterocycles. The number of carbonyl (C=O) groups is 4. The van der Waals surface area contributed by atoms with Crippen LogP contribution in [0.25, 0.3) is 11.1 Å². The molecule has 1 saturated heterocycles. The Morgan fingerprint density at radius 2 is 1.50 bits per heavy atom. The number of alkyl carbamates (subject to hydrolysis) is 1. The van der Waals surface area contributed by atoms with Gasteiger partial charge in [0.05, 0.1) is 6.42 Å². The first-order valence-corrected chi connectivity index (χ1v) is 11.7. The van der Waals surface area contributed by atoms with E-state index >= 15 is 0 Å². The Balaban J connectivity index is 1.28. The molecule has 0 radical (unpaired) electrons. The standard InChI is InChI=1S/C28H24N2O6/c31-25-15-24(26(32)30-25)36-27(33)23(14-17-8-2-1-3-9-17)29-28(34)35-16-22-20-12-6-4-10-18(20)19-11-5-7-13-21(19)22/h1-13,22-24H,14-16H2,(H,29,34)(H,30,31,32)/t23-,24+/m0/s1. The zero-order valence-electron chi connectivity index (χ0n) is 19.3. The van der Waals surface area contributed by atoms with Gasteiger partial charge >= 0.3 is 12.1 Å². The van der Waals surface area contributed by atoms with Crippen LogP contribution in [0.15, 0.2) is 78.9 Å². The van der Waals surface area contributed by atoms with Crippen molar-refractivity contribution in [2.45, 2.75) is 30.9 Å². The second-order valence-corrected chi connectivity index (χ2v) is 8.75. The monoisotopic (exact) mass is 484 g/mol. The topological polar surface area (TPSA) is 111 Å². The molecule has 2 atom stereocenters. The predicted molar refractivity (Wildman–Crippen MR) is 130 cm³/mol. The molecule has 0 saturated carbocycles. The summed E-state index contributed by atoms with van der Waals surface area (Å²) in [5, 5.41) is 4.69. The Bertz CT molecular complexity index is 1280. The van der Waals surface area contributed by atoms with Crippen molar-refractivity contribution >= 4 is 23.9 Å². The molecule has 2 N–H and O–H groups in total. The van der Waals surface area contributed by atoms with Crippen LogP contribution in [0, 0.1) is 0 Å². The number of nitrogens with one attached hydrogen (secondary N) is 2. The van der Waals surface area contributed by atoms with Crippen LogP contribution in [0.4, 0.5) is 4.79 Å². The smallest absolute Gasteiger partial charge is 0.407 e. The molecule has 0 unspecified atom stereocenters. The highest BCUT2D eigenvalue weighted by atomic mass is 16.6. The second kappa shape index (κ2) is 10.0. The first-order chi connectivity index (χ1) is 17.5. The average molecular weight is 485 g/mol. The van der Waals surface area contributed by atoms with Gasteiger partial charge in [-0.1, -0.05) is 78.9 Å². The highest BCUT2D eigenvalue weighted by molar-refractivity contribution is 6.05. The van der Waals surface area contributed by atoms with E-state index in [1.165, 1.54) is 0 Å². The number of esters is 1. The first-order valence-electron chi connectivity index (χ1n) is 11.7. The van der Waals surface area contributed by atoms with Gasteiger partial charge in [-0.05, 0) is 27.8 Å². The number of ether oxygens (including phenoxy) is 2. The molecule has 2 aliphatic rings. The van der Waals surface area contributed by atoms with Crippen LogP contribution in [0.3, 0.4) is 0 Å². The Morgan fingerprint density at radius 1 is 0.889 bits per heavy atom. The SMILES string of the molecule is O=C1C[C@@H](OC(=O)[C@H](Cc2ccccc2)NC(=O)OCC2c3ccccc3-c3ccccc32)C(=O)N1.